The number of nitrogens with two attached hydrogens (primary N) is 1. The topological polar surface area (TPSA) is 67.6 Å². The van der Waals surface area contributed by atoms with Crippen LogP contribution in [0.15, 0.2) is 60.8 Å². The van der Waals surface area contributed by atoms with Crippen LogP contribution in [0.3, 0.4) is 0 Å². The van der Waals surface area contributed by atoms with Gasteiger partial charge in [0.1, 0.15) is 5.54 Å². The molecule has 1 atom stereocenters. The lowest BCUT2D eigenvalue weighted by atomic mass is 9.86. The molecule has 0 aliphatic rings. The first kappa shape index (κ1) is 16.1. The van der Waals surface area contributed by atoms with Crippen molar-refractivity contribution < 1.29 is 0 Å². The van der Waals surface area contributed by atoms with E-state index in [2.05, 4.69) is 18.1 Å². The van der Waals surface area contributed by atoms with Crippen molar-refractivity contribution in [2.45, 2.75) is 18.9 Å². The predicted octanol–water partition coefficient (Wildman–Crippen LogP) is 4.51. The van der Waals surface area contributed by atoms with Crippen molar-refractivity contribution in [2.75, 3.05) is 5.73 Å². The number of fused-ring (bicyclic) bond motifs is 1. The van der Waals surface area contributed by atoms with Crippen LogP contribution in [-0.2, 0) is 5.54 Å². The fourth-order valence-corrected chi connectivity index (χ4v) is 3.19. The van der Waals surface area contributed by atoms with Gasteiger partial charge in [0.25, 0.3) is 0 Å². The number of nitriles is 1. The standard InChI is InChI=1S/C19H17ClN4/c1-2-19(11-4-12-21,14-7-9-15(20)10-8-14)24-18-6-3-5-17(22)16(18)13-23-24/h3-11,13H,2,22H2,1H3. The molecule has 0 aliphatic heterocycles. The normalized spacial score (nSPS) is 13.9. The summed E-state index contributed by atoms with van der Waals surface area (Å²) in [6.07, 6.45) is 5.87. The quantitative estimate of drug-likeness (QED) is 0.563. The Labute approximate surface area is 145 Å². The summed E-state index contributed by atoms with van der Waals surface area (Å²) in [7, 11) is 0. The third kappa shape index (κ3) is 2.53. The lowest BCUT2D eigenvalue weighted by Crippen LogP contribution is -2.33. The van der Waals surface area contributed by atoms with Crippen molar-refractivity contribution in [3.05, 3.63) is 71.4 Å². The van der Waals surface area contributed by atoms with Crippen molar-refractivity contribution in [1.82, 2.24) is 9.78 Å². The third-order valence-electron chi connectivity index (χ3n) is 4.34. The number of nitrogen functional groups attached to an aromatic ring is 1. The Balaban J connectivity index is 2.31. The Bertz CT molecular complexity index is 934. The van der Waals surface area contributed by atoms with Crippen LogP contribution in [-0.4, -0.2) is 9.78 Å². The summed E-state index contributed by atoms with van der Waals surface area (Å²) in [5.74, 6) is 0. The first-order chi connectivity index (χ1) is 11.6. The summed E-state index contributed by atoms with van der Waals surface area (Å²) >= 11 is 6.04. The number of rotatable bonds is 4. The van der Waals surface area contributed by atoms with Crippen LogP contribution in [0.2, 0.25) is 5.02 Å². The highest BCUT2D eigenvalue weighted by Crippen LogP contribution is 2.35. The van der Waals surface area contributed by atoms with Gasteiger partial charge in [-0.05, 0) is 42.3 Å². The smallest absolute Gasteiger partial charge is 0.107 e. The Morgan fingerprint density at radius 3 is 2.71 bits per heavy atom. The van der Waals surface area contributed by atoms with Gasteiger partial charge in [0.2, 0.25) is 0 Å². The molecule has 5 heteroatoms. The van der Waals surface area contributed by atoms with E-state index in [4.69, 9.17) is 22.6 Å². The van der Waals surface area contributed by atoms with Gasteiger partial charge in [0.15, 0.2) is 0 Å². The number of allylic oxidation sites excluding steroid dienone is 2. The average Bonchev–Trinajstić information content (AvgIpc) is 3.03. The first-order valence-electron chi connectivity index (χ1n) is 7.68. The van der Waals surface area contributed by atoms with Gasteiger partial charge in [0.05, 0.1) is 17.8 Å². The molecule has 3 rings (SSSR count). The minimum Gasteiger partial charge on any atom is -0.398 e. The third-order valence-corrected chi connectivity index (χ3v) is 4.59. The zero-order valence-corrected chi connectivity index (χ0v) is 14.0. The summed E-state index contributed by atoms with van der Waals surface area (Å²) in [5, 5.41) is 15.2. The van der Waals surface area contributed by atoms with Crippen LogP contribution in [0.1, 0.15) is 18.9 Å². The van der Waals surface area contributed by atoms with E-state index in [0.29, 0.717) is 10.7 Å². The van der Waals surface area contributed by atoms with Crippen molar-refractivity contribution in [3.63, 3.8) is 0 Å². The molecule has 0 radical (unpaired) electrons. The number of halogens is 1. The second-order valence-corrected chi connectivity index (χ2v) is 6.02. The molecular formula is C19H17ClN4. The molecule has 1 unspecified atom stereocenters. The molecule has 1 heterocycles. The molecule has 0 spiro atoms. The van der Waals surface area contributed by atoms with Crippen molar-refractivity contribution in [1.29, 1.82) is 5.26 Å². The van der Waals surface area contributed by atoms with Crippen molar-refractivity contribution in [2.24, 2.45) is 0 Å². The first-order valence-corrected chi connectivity index (χ1v) is 8.06. The monoisotopic (exact) mass is 336 g/mol. The van der Waals surface area contributed by atoms with E-state index in [1.165, 1.54) is 6.08 Å². The van der Waals surface area contributed by atoms with Gasteiger partial charge >= 0.3 is 0 Å². The SMILES string of the molecule is CCC(C=CC#N)(c1ccc(Cl)cc1)n1ncc2c(N)cccc21. The number of nitrogens with zero attached hydrogens (tertiary/aromatic N) is 3. The fourth-order valence-electron chi connectivity index (χ4n) is 3.07. The number of anilines is 1. The largest absolute Gasteiger partial charge is 0.398 e. The summed E-state index contributed by atoms with van der Waals surface area (Å²) < 4.78 is 1.93. The fraction of sp³-hybridized carbons (Fsp3) is 0.158. The van der Waals surface area contributed by atoms with E-state index >= 15 is 0 Å². The maximum absolute atomic E-state index is 9.06. The molecule has 3 aromatic rings. The van der Waals surface area contributed by atoms with E-state index in [1.807, 2.05) is 53.2 Å². The molecule has 2 aromatic carbocycles. The summed E-state index contributed by atoms with van der Waals surface area (Å²) in [4.78, 5) is 0. The zero-order valence-electron chi connectivity index (χ0n) is 13.3. The van der Waals surface area contributed by atoms with Crippen LogP contribution in [0.4, 0.5) is 5.69 Å². The molecule has 120 valence electrons. The van der Waals surface area contributed by atoms with Crippen LogP contribution in [0, 0.1) is 11.3 Å². The van der Waals surface area contributed by atoms with Crippen molar-refractivity contribution in [3.8, 4) is 6.07 Å². The molecule has 2 N–H and O–H groups in total. The maximum atomic E-state index is 9.06. The molecule has 0 amide bonds. The Morgan fingerprint density at radius 1 is 1.29 bits per heavy atom. The molecular weight excluding hydrogens is 320 g/mol. The highest BCUT2D eigenvalue weighted by atomic mass is 35.5. The van der Waals surface area contributed by atoms with Crippen LogP contribution in [0.25, 0.3) is 10.9 Å². The predicted molar refractivity (Wildman–Crippen MR) is 97.7 cm³/mol. The Morgan fingerprint density at radius 2 is 2.04 bits per heavy atom. The van der Waals surface area contributed by atoms with Gasteiger partial charge in [-0.1, -0.05) is 36.7 Å². The number of hydrogen-bond donors (Lipinski definition) is 1. The van der Waals surface area contributed by atoms with E-state index in [-0.39, 0.29) is 0 Å². The minimum absolute atomic E-state index is 0.587. The summed E-state index contributed by atoms with van der Waals surface area (Å²) in [6.45, 7) is 2.07. The number of aromatic nitrogens is 2. The Hall–Kier alpha value is -2.77. The van der Waals surface area contributed by atoms with Gasteiger partial charge in [-0.25, -0.2) is 0 Å². The van der Waals surface area contributed by atoms with E-state index in [1.54, 1.807) is 6.20 Å². The van der Waals surface area contributed by atoms with Crippen LogP contribution < -0.4 is 5.73 Å². The van der Waals surface area contributed by atoms with Gasteiger partial charge < -0.3 is 5.73 Å². The van der Waals surface area contributed by atoms with Crippen molar-refractivity contribution >= 4 is 28.2 Å². The second-order valence-electron chi connectivity index (χ2n) is 5.58. The molecule has 0 saturated carbocycles. The van der Waals surface area contributed by atoms with Gasteiger partial charge in [-0.2, -0.15) is 10.4 Å². The maximum Gasteiger partial charge on any atom is 0.107 e. The van der Waals surface area contributed by atoms with Gasteiger partial charge in [-0.15, -0.1) is 0 Å². The second kappa shape index (κ2) is 6.38. The molecule has 0 saturated heterocycles. The zero-order chi connectivity index (χ0) is 17.2. The molecule has 0 aliphatic carbocycles. The van der Waals surface area contributed by atoms with E-state index < -0.39 is 5.54 Å². The number of hydrogen-bond acceptors (Lipinski definition) is 3. The van der Waals surface area contributed by atoms with Gasteiger partial charge in [0, 0.05) is 22.2 Å². The average molecular weight is 337 g/mol. The lowest BCUT2D eigenvalue weighted by Gasteiger charge is -2.31. The highest BCUT2D eigenvalue weighted by Gasteiger charge is 2.32. The molecule has 24 heavy (non-hydrogen) atoms. The van der Waals surface area contributed by atoms with Gasteiger partial charge in [-0.3, -0.25) is 4.68 Å². The number of benzene rings is 2. The summed E-state index contributed by atoms with van der Waals surface area (Å²) in [6, 6.07) is 15.5. The lowest BCUT2D eigenvalue weighted by molar-refractivity contribution is 0.402. The molecule has 0 bridgehead atoms. The highest BCUT2D eigenvalue weighted by molar-refractivity contribution is 6.30. The summed E-state index contributed by atoms with van der Waals surface area (Å²) in [5.41, 5.74) is 8.10. The van der Waals surface area contributed by atoms with Crippen LogP contribution >= 0.6 is 11.6 Å². The van der Waals surface area contributed by atoms with E-state index in [9.17, 15) is 0 Å². The van der Waals surface area contributed by atoms with Crippen LogP contribution in [0.5, 0.6) is 0 Å². The molecule has 4 nitrogen and oxygen atoms in total. The minimum atomic E-state index is -0.587. The molecule has 0 fully saturated rings. The van der Waals surface area contributed by atoms with E-state index in [0.717, 1.165) is 22.9 Å². The molecule has 1 aromatic heterocycles. The Kier molecular flexibility index (Phi) is 4.28.